The molecule has 0 aliphatic heterocycles. The van der Waals surface area contributed by atoms with Gasteiger partial charge in [-0.15, -0.1) is 0 Å². The largest absolute Gasteiger partial charge is 0.346 e. The van der Waals surface area contributed by atoms with Gasteiger partial charge in [-0.2, -0.15) is 0 Å². The third-order valence-electron chi connectivity index (χ3n) is 3.03. The molecule has 1 rings (SSSR count). The van der Waals surface area contributed by atoms with E-state index in [9.17, 15) is 9.18 Å². The second-order valence-corrected chi connectivity index (χ2v) is 4.72. The zero-order chi connectivity index (χ0) is 14.1. The molecule has 0 saturated carbocycles. The predicted octanol–water partition coefficient (Wildman–Crippen LogP) is 2.56. The number of carbonyl (C=O) groups is 1. The SMILES string of the molecule is CCCCN(C)C(=O)CCNCc1ccc(F)cc1. The van der Waals surface area contributed by atoms with Crippen molar-refractivity contribution in [1.29, 1.82) is 0 Å². The van der Waals surface area contributed by atoms with Crippen molar-refractivity contribution < 1.29 is 9.18 Å². The van der Waals surface area contributed by atoms with Gasteiger partial charge in [0.25, 0.3) is 0 Å². The van der Waals surface area contributed by atoms with E-state index >= 15 is 0 Å². The first-order valence-electron chi connectivity index (χ1n) is 6.82. The lowest BCUT2D eigenvalue weighted by Gasteiger charge is -2.16. The van der Waals surface area contributed by atoms with Gasteiger partial charge in [0.05, 0.1) is 0 Å². The maximum Gasteiger partial charge on any atom is 0.223 e. The molecule has 0 radical (unpaired) electrons. The number of unbranched alkanes of at least 4 members (excludes halogenated alkanes) is 1. The van der Waals surface area contributed by atoms with Gasteiger partial charge in [0.2, 0.25) is 5.91 Å². The Bertz CT molecular complexity index is 378. The summed E-state index contributed by atoms with van der Waals surface area (Å²) < 4.78 is 12.7. The van der Waals surface area contributed by atoms with Crippen LogP contribution in [0.4, 0.5) is 4.39 Å². The zero-order valence-corrected chi connectivity index (χ0v) is 11.8. The topological polar surface area (TPSA) is 32.3 Å². The summed E-state index contributed by atoms with van der Waals surface area (Å²) in [4.78, 5) is 13.5. The maximum absolute atomic E-state index is 12.7. The van der Waals surface area contributed by atoms with E-state index < -0.39 is 0 Å². The smallest absolute Gasteiger partial charge is 0.223 e. The van der Waals surface area contributed by atoms with Gasteiger partial charge in [0.1, 0.15) is 5.82 Å². The quantitative estimate of drug-likeness (QED) is 0.733. The highest BCUT2D eigenvalue weighted by Crippen LogP contribution is 2.02. The summed E-state index contributed by atoms with van der Waals surface area (Å²) in [5.74, 6) is -0.0588. The first-order valence-corrected chi connectivity index (χ1v) is 6.82. The lowest BCUT2D eigenvalue weighted by molar-refractivity contribution is -0.129. The van der Waals surface area contributed by atoms with E-state index in [0.717, 1.165) is 24.9 Å². The molecule has 1 N–H and O–H groups in total. The second kappa shape index (κ2) is 8.64. The van der Waals surface area contributed by atoms with Crippen LogP contribution in [0, 0.1) is 5.82 Å². The van der Waals surface area contributed by atoms with Crippen LogP contribution in [0.3, 0.4) is 0 Å². The Morgan fingerprint density at radius 3 is 2.63 bits per heavy atom. The van der Waals surface area contributed by atoms with E-state index in [1.165, 1.54) is 12.1 Å². The average Bonchev–Trinajstić information content (AvgIpc) is 2.42. The number of hydrogen-bond donors (Lipinski definition) is 1. The van der Waals surface area contributed by atoms with E-state index in [4.69, 9.17) is 0 Å². The Kier molecular flexibility index (Phi) is 7.11. The van der Waals surface area contributed by atoms with E-state index in [2.05, 4.69) is 12.2 Å². The van der Waals surface area contributed by atoms with Crippen molar-refractivity contribution in [2.75, 3.05) is 20.1 Å². The Morgan fingerprint density at radius 1 is 1.32 bits per heavy atom. The molecule has 3 nitrogen and oxygen atoms in total. The summed E-state index contributed by atoms with van der Waals surface area (Å²) >= 11 is 0. The number of carbonyl (C=O) groups excluding carboxylic acids is 1. The summed E-state index contributed by atoms with van der Waals surface area (Å²) in [5.41, 5.74) is 1.02. The fourth-order valence-electron chi connectivity index (χ4n) is 1.74. The third-order valence-corrected chi connectivity index (χ3v) is 3.03. The highest BCUT2D eigenvalue weighted by Gasteiger charge is 2.06. The molecule has 0 saturated heterocycles. The molecule has 0 spiro atoms. The molecular weight excluding hydrogens is 243 g/mol. The summed E-state index contributed by atoms with van der Waals surface area (Å²) in [6.07, 6.45) is 2.65. The first kappa shape index (κ1) is 15.6. The molecule has 1 aromatic carbocycles. The fraction of sp³-hybridized carbons (Fsp3) is 0.533. The molecule has 1 amide bonds. The monoisotopic (exact) mass is 266 g/mol. The highest BCUT2D eigenvalue weighted by molar-refractivity contribution is 5.76. The maximum atomic E-state index is 12.7. The minimum Gasteiger partial charge on any atom is -0.346 e. The Hall–Kier alpha value is -1.42. The molecule has 0 heterocycles. The molecule has 19 heavy (non-hydrogen) atoms. The number of amides is 1. The second-order valence-electron chi connectivity index (χ2n) is 4.72. The molecule has 1 aromatic rings. The molecule has 0 unspecified atom stereocenters. The van der Waals surface area contributed by atoms with E-state index in [-0.39, 0.29) is 11.7 Å². The number of nitrogens with zero attached hydrogens (tertiary/aromatic N) is 1. The predicted molar refractivity (Wildman–Crippen MR) is 75.3 cm³/mol. The van der Waals surface area contributed by atoms with Gasteiger partial charge in [0, 0.05) is 33.1 Å². The lowest BCUT2D eigenvalue weighted by atomic mass is 10.2. The van der Waals surface area contributed by atoms with E-state index in [0.29, 0.717) is 19.5 Å². The van der Waals surface area contributed by atoms with Crippen molar-refractivity contribution in [3.63, 3.8) is 0 Å². The molecule has 106 valence electrons. The van der Waals surface area contributed by atoms with Crippen LogP contribution in [0.1, 0.15) is 31.7 Å². The standard InChI is InChI=1S/C15H23FN2O/c1-3-4-11-18(2)15(19)9-10-17-12-13-5-7-14(16)8-6-13/h5-8,17H,3-4,9-12H2,1-2H3. The highest BCUT2D eigenvalue weighted by atomic mass is 19.1. The van der Waals surface area contributed by atoms with Crippen molar-refractivity contribution >= 4 is 5.91 Å². The molecular formula is C15H23FN2O. The molecule has 0 fully saturated rings. The van der Waals surface area contributed by atoms with Crippen LogP contribution in [0.15, 0.2) is 24.3 Å². The van der Waals surface area contributed by atoms with Gasteiger partial charge < -0.3 is 10.2 Å². The fourth-order valence-corrected chi connectivity index (χ4v) is 1.74. The molecule has 0 aromatic heterocycles. The number of hydrogen-bond acceptors (Lipinski definition) is 2. The van der Waals surface area contributed by atoms with Crippen molar-refractivity contribution in [1.82, 2.24) is 10.2 Å². The van der Waals surface area contributed by atoms with Crippen molar-refractivity contribution in [3.8, 4) is 0 Å². The van der Waals surface area contributed by atoms with Crippen LogP contribution < -0.4 is 5.32 Å². The van der Waals surface area contributed by atoms with Gasteiger partial charge in [-0.05, 0) is 24.1 Å². The number of halogens is 1. The van der Waals surface area contributed by atoms with Crippen LogP contribution in [0.2, 0.25) is 0 Å². The van der Waals surface area contributed by atoms with E-state index in [1.54, 1.807) is 17.0 Å². The molecule has 0 aliphatic rings. The number of nitrogens with one attached hydrogen (secondary N) is 1. The Morgan fingerprint density at radius 2 is 2.00 bits per heavy atom. The van der Waals surface area contributed by atoms with Crippen LogP contribution in [-0.2, 0) is 11.3 Å². The molecule has 0 atom stereocenters. The first-order chi connectivity index (χ1) is 9.13. The van der Waals surface area contributed by atoms with Gasteiger partial charge in [-0.3, -0.25) is 4.79 Å². The van der Waals surface area contributed by atoms with Gasteiger partial charge in [-0.25, -0.2) is 4.39 Å². The normalized spacial score (nSPS) is 10.5. The summed E-state index contributed by atoms with van der Waals surface area (Å²) in [6, 6.07) is 6.39. The molecule has 0 aliphatic carbocycles. The van der Waals surface area contributed by atoms with Crippen molar-refractivity contribution in [3.05, 3.63) is 35.6 Å². The van der Waals surface area contributed by atoms with Gasteiger partial charge >= 0.3 is 0 Å². The molecule has 4 heteroatoms. The number of benzene rings is 1. The Balaban J connectivity index is 2.16. The van der Waals surface area contributed by atoms with Crippen LogP contribution >= 0.6 is 0 Å². The average molecular weight is 266 g/mol. The van der Waals surface area contributed by atoms with Crippen molar-refractivity contribution in [2.24, 2.45) is 0 Å². The summed E-state index contributed by atoms with van der Waals surface area (Å²) in [6.45, 7) is 4.24. The van der Waals surface area contributed by atoms with Crippen LogP contribution in [0.25, 0.3) is 0 Å². The lowest BCUT2D eigenvalue weighted by Crippen LogP contribution is -2.30. The summed E-state index contributed by atoms with van der Waals surface area (Å²) in [5, 5.41) is 3.19. The third kappa shape index (κ3) is 6.34. The van der Waals surface area contributed by atoms with Crippen LogP contribution in [-0.4, -0.2) is 30.9 Å². The Labute approximate surface area is 114 Å². The molecule has 0 bridgehead atoms. The number of rotatable bonds is 8. The zero-order valence-electron chi connectivity index (χ0n) is 11.8. The van der Waals surface area contributed by atoms with Crippen molar-refractivity contribution in [2.45, 2.75) is 32.7 Å². The van der Waals surface area contributed by atoms with Gasteiger partial charge in [-0.1, -0.05) is 25.5 Å². The van der Waals surface area contributed by atoms with Gasteiger partial charge in [0.15, 0.2) is 0 Å². The minimum atomic E-state index is -0.225. The van der Waals surface area contributed by atoms with Crippen LogP contribution in [0.5, 0.6) is 0 Å². The minimum absolute atomic E-state index is 0.167. The summed E-state index contributed by atoms with van der Waals surface area (Å²) in [7, 11) is 1.85. The van der Waals surface area contributed by atoms with E-state index in [1.807, 2.05) is 7.05 Å².